The van der Waals surface area contributed by atoms with E-state index in [0.29, 0.717) is 6.42 Å². The minimum absolute atomic E-state index is 0.0979. The first-order valence-electron chi connectivity index (χ1n) is 5.52. The summed E-state index contributed by atoms with van der Waals surface area (Å²) in [6, 6.07) is 4.52. The van der Waals surface area contributed by atoms with Gasteiger partial charge in [-0.25, -0.2) is 0 Å². The van der Waals surface area contributed by atoms with E-state index < -0.39 is 4.92 Å². The van der Waals surface area contributed by atoms with Crippen LogP contribution in [0.5, 0.6) is 0 Å². The molecule has 1 atom stereocenters. The Balaban J connectivity index is 3.00. The summed E-state index contributed by atoms with van der Waals surface area (Å²) in [5.41, 5.74) is -0.0390. The Morgan fingerprint density at radius 1 is 1.56 bits per heavy atom. The van der Waals surface area contributed by atoms with E-state index in [0.717, 1.165) is 4.90 Å². The monoisotopic (exact) mass is 269 g/mol. The summed E-state index contributed by atoms with van der Waals surface area (Å²) in [7, 11) is 0. The maximum Gasteiger partial charge on any atom is 0.280 e. The van der Waals surface area contributed by atoms with E-state index in [9.17, 15) is 14.9 Å². The van der Waals surface area contributed by atoms with Crippen molar-refractivity contribution in [3.05, 3.63) is 33.9 Å². The molecule has 5 nitrogen and oxygen atoms in total. The van der Waals surface area contributed by atoms with Gasteiger partial charge in [0.05, 0.1) is 10.5 Å². The van der Waals surface area contributed by atoms with E-state index in [1.165, 1.54) is 24.8 Å². The number of nitro groups is 1. The molecule has 1 rings (SSSR count). The number of hydrogen-bond acceptors (Lipinski definition) is 5. The highest BCUT2D eigenvalue weighted by atomic mass is 32.2. The predicted octanol–water partition coefficient (Wildman–Crippen LogP) is 2.66. The molecule has 0 fully saturated rings. The Kier molecular flexibility index (Phi) is 5.30. The topological polar surface area (TPSA) is 80.4 Å². The van der Waals surface area contributed by atoms with Gasteiger partial charge in [-0.15, -0.1) is 11.8 Å². The zero-order valence-electron chi connectivity index (χ0n) is 10.3. The lowest BCUT2D eigenvalue weighted by Gasteiger charge is -2.10. The summed E-state index contributed by atoms with van der Waals surface area (Å²) < 4.78 is 0. The predicted molar refractivity (Wildman–Crippen MR) is 70.1 cm³/mol. The molecule has 18 heavy (non-hydrogen) atoms. The van der Waals surface area contributed by atoms with Crippen molar-refractivity contribution in [1.29, 1.82) is 0 Å². The molecule has 0 heterocycles. The van der Waals surface area contributed by atoms with E-state index in [4.69, 9.17) is 5.11 Å². The number of carbonyl (C=O) groups is 1. The molecule has 0 bridgehead atoms. The van der Waals surface area contributed by atoms with Crippen LogP contribution in [0.2, 0.25) is 0 Å². The van der Waals surface area contributed by atoms with Crippen LogP contribution in [0.25, 0.3) is 0 Å². The summed E-state index contributed by atoms with van der Waals surface area (Å²) in [5.74, 6) is -0.320. The number of carbonyl (C=O) groups excluding carboxylic acids is 1. The lowest BCUT2D eigenvalue weighted by molar-refractivity contribution is -0.385. The maximum atomic E-state index is 11.4. The summed E-state index contributed by atoms with van der Waals surface area (Å²) in [5, 5.41) is 19.8. The second-order valence-corrected chi connectivity index (χ2v) is 5.44. The number of aliphatic hydroxyl groups excluding tert-OH is 1. The van der Waals surface area contributed by atoms with Gasteiger partial charge in [-0.2, -0.15) is 0 Å². The molecular formula is C12H15NO4S. The van der Waals surface area contributed by atoms with Crippen molar-refractivity contribution in [3.8, 4) is 0 Å². The van der Waals surface area contributed by atoms with Crippen molar-refractivity contribution >= 4 is 23.2 Å². The van der Waals surface area contributed by atoms with Gasteiger partial charge in [-0.05, 0) is 25.5 Å². The van der Waals surface area contributed by atoms with Gasteiger partial charge in [0.2, 0.25) is 0 Å². The molecule has 1 aromatic rings. The summed E-state index contributed by atoms with van der Waals surface area (Å²) in [6.07, 6.45) is 0.636. The number of aliphatic hydroxyl groups is 1. The fourth-order valence-electron chi connectivity index (χ4n) is 1.50. The first-order valence-corrected chi connectivity index (χ1v) is 6.40. The molecule has 0 saturated heterocycles. The van der Waals surface area contributed by atoms with Crippen molar-refractivity contribution in [2.75, 3.05) is 6.61 Å². The molecule has 0 saturated carbocycles. The molecule has 1 unspecified atom stereocenters. The van der Waals surface area contributed by atoms with E-state index in [2.05, 4.69) is 0 Å². The van der Waals surface area contributed by atoms with Gasteiger partial charge in [-0.3, -0.25) is 14.9 Å². The molecule has 0 aliphatic rings. The van der Waals surface area contributed by atoms with E-state index in [1.807, 2.05) is 6.92 Å². The molecule has 0 spiro atoms. The van der Waals surface area contributed by atoms with E-state index >= 15 is 0 Å². The molecule has 1 aromatic carbocycles. The Hall–Kier alpha value is -1.40. The fraction of sp³-hybridized carbons (Fsp3) is 0.417. The standard InChI is InChI=1S/C12H15NO4S/c1-8(5-6-14)18-10-3-4-12(13(16)17)11(7-10)9(2)15/h3-4,7-8,14H,5-6H2,1-2H3. The SMILES string of the molecule is CC(=O)c1cc(SC(C)CCO)ccc1[N+](=O)[O-]. The molecule has 0 aromatic heterocycles. The Morgan fingerprint density at radius 3 is 2.72 bits per heavy atom. The lowest BCUT2D eigenvalue weighted by atomic mass is 10.1. The molecule has 6 heteroatoms. The number of rotatable bonds is 6. The summed E-state index contributed by atoms with van der Waals surface area (Å²) in [6.45, 7) is 3.37. The second kappa shape index (κ2) is 6.51. The largest absolute Gasteiger partial charge is 0.396 e. The number of nitrogens with zero attached hydrogens (tertiary/aromatic N) is 1. The first-order chi connectivity index (χ1) is 8.45. The fourth-order valence-corrected chi connectivity index (χ4v) is 2.52. The van der Waals surface area contributed by atoms with Crippen molar-refractivity contribution in [1.82, 2.24) is 0 Å². The molecule has 0 radical (unpaired) electrons. The molecule has 0 aliphatic heterocycles. The van der Waals surface area contributed by atoms with Crippen molar-refractivity contribution in [2.24, 2.45) is 0 Å². The highest BCUT2D eigenvalue weighted by molar-refractivity contribution is 7.99. The van der Waals surface area contributed by atoms with Gasteiger partial charge in [-0.1, -0.05) is 6.92 Å². The number of hydrogen-bond donors (Lipinski definition) is 1. The third-order valence-corrected chi connectivity index (χ3v) is 3.58. The molecule has 1 N–H and O–H groups in total. The average molecular weight is 269 g/mol. The van der Waals surface area contributed by atoms with Gasteiger partial charge in [0, 0.05) is 22.8 Å². The van der Waals surface area contributed by atoms with Gasteiger partial charge < -0.3 is 5.11 Å². The smallest absolute Gasteiger partial charge is 0.280 e. The number of thioether (sulfide) groups is 1. The summed E-state index contributed by atoms with van der Waals surface area (Å²) in [4.78, 5) is 22.4. The normalized spacial score (nSPS) is 12.2. The van der Waals surface area contributed by atoms with Crippen molar-refractivity contribution in [3.63, 3.8) is 0 Å². The number of nitro benzene ring substituents is 1. The van der Waals surface area contributed by atoms with Gasteiger partial charge >= 0.3 is 0 Å². The quantitative estimate of drug-likeness (QED) is 0.371. The van der Waals surface area contributed by atoms with E-state index in [-0.39, 0.29) is 28.9 Å². The zero-order chi connectivity index (χ0) is 13.7. The summed E-state index contributed by atoms with van der Waals surface area (Å²) >= 11 is 1.49. The van der Waals surface area contributed by atoms with Crippen LogP contribution < -0.4 is 0 Å². The van der Waals surface area contributed by atoms with Crippen LogP contribution in [0, 0.1) is 10.1 Å². The van der Waals surface area contributed by atoms with Crippen LogP contribution in [-0.2, 0) is 0 Å². The van der Waals surface area contributed by atoms with Crippen LogP contribution in [0.4, 0.5) is 5.69 Å². The van der Waals surface area contributed by atoms with Crippen LogP contribution in [0.1, 0.15) is 30.6 Å². The van der Waals surface area contributed by atoms with Crippen LogP contribution in [0.15, 0.2) is 23.1 Å². The van der Waals surface area contributed by atoms with Gasteiger partial charge in [0.15, 0.2) is 5.78 Å². The number of Topliss-reactive ketones (excluding diaryl/α,β-unsaturated/α-hetero) is 1. The van der Waals surface area contributed by atoms with E-state index in [1.54, 1.807) is 12.1 Å². The lowest BCUT2D eigenvalue weighted by Crippen LogP contribution is -2.02. The van der Waals surface area contributed by atoms with Gasteiger partial charge in [0.1, 0.15) is 0 Å². The molecule has 0 amide bonds. The minimum atomic E-state index is -0.553. The number of benzene rings is 1. The third kappa shape index (κ3) is 3.82. The van der Waals surface area contributed by atoms with Crippen LogP contribution in [-0.4, -0.2) is 27.7 Å². The highest BCUT2D eigenvalue weighted by Gasteiger charge is 2.18. The molecular weight excluding hydrogens is 254 g/mol. The van der Waals surface area contributed by atoms with Crippen molar-refractivity contribution in [2.45, 2.75) is 30.4 Å². The van der Waals surface area contributed by atoms with Crippen molar-refractivity contribution < 1.29 is 14.8 Å². The first kappa shape index (κ1) is 14.7. The Morgan fingerprint density at radius 2 is 2.22 bits per heavy atom. The molecule has 0 aliphatic carbocycles. The second-order valence-electron chi connectivity index (χ2n) is 3.93. The van der Waals surface area contributed by atoms with Crippen LogP contribution >= 0.6 is 11.8 Å². The van der Waals surface area contributed by atoms with Crippen LogP contribution in [0.3, 0.4) is 0 Å². The van der Waals surface area contributed by atoms with Gasteiger partial charge in [0.25, 0.3) is 5.69 Å². The highest BCUT2D eigenvalue weighted by Crippen LogP contribution is 2.29. The molecule has 98 valence electrons. The average Bonchev–Trinajstić information content (AvgIpc) is 2.28. The zero-order valence-corrected chi connectivity index (χ0v) is 11.1. The third-order valence-electron chi connectivity index (χ3n) is 2.42. The Bertz CT molecular complexity index is 461. The number of ketones is 1. The Labute approximate surface area is 109 Å². The maximum absolute atomic E-state index is 11.4. The minimum Gasteiger partial charge on any atom is -0.396 e.